The zero-order valence-corrected chi connectivity index (χ0v) is 11.8. The first-order chi connectivity index (χ1) is 7.24. The number of rotatable bonds is 3. The highest BCUT2D eigenvalue weighted by atomic mass is 31.2. The predicted molar refractivity (Wildman–Crippen MR) is 61.4 cm³/mol. The summed E-state index contributed by atoms with van der Waals surface area (Å²) in [4.78, 5) is 13.8. The van der Waals surface area contributed by atoms with Crippen molar-refractivity contribution >= 4 is 13.9 Å². The summed E-state index contributed by atoms with van der Waals surface area (Å²) in [6, 6.07) is 0.0185. The molecule has 0 aliphatic heterocycles. The highest BCUT2D eigenvalue weighted by molar-refractivity contribution is 7.48. The minimum atomic E-state index is -3.16. The highest BCUT2D eigenvalue weighted by Crippen LogP contribution is 2.46. The van der Waals surface area contributed by atoms with Crippen LogP contribution >= 0.6 is 7.82 Å². The summed E-state index contributed by atoms with van der Waals surface area (Å²) in [5.41, 5.74) is 0. The third-order valence-electron chi connectivity index (χ3n) is 1.44. The molecule has 98 valence electrons. The lowest BCUT2D eigenvalue weighted by molar-refractivity contribution is 0.178. The number of amides is 2. The number of urea groups is 1. The number of carbonyl (C=O) groups excluding carboxylic acids is 1. The predicted octanol–water partition coefficient (Wildman–Crippen LogP) is 1.26. The van der Waals surface area contributed by atoms with E-state index in [1.165, 1.54) is 31.1 Å². The fourth-order valence-corrected chi connectivity index (χ4v) is 1.07. The molecule has 0 aromatic carbocycles. The van der Waals surface area contributed by atoms with Gasteiger partial charge in [-0.3, -0.25) is 13.6 Å². The van der Waals surface area contributed by atoms with Gasteiger partial charge in [-0.05, 0) is 0 Å². The van der Waals surface area contributed by atoms with Gasteiger partial charge in [0.05, 0.1) is 0 Å². The molecule has 0 atom stereocenters. The molecule has 8 heteroatoms. The highest BCUT2D eigenvalue weighted by Gasteiger charge is 2.18. The SMILES string of the molecule is CN(C)C(=O)N(C)C.COP(=O)(OC)OC. The van der Waals surface area contributed by atoms with Gasteiger partial charge >= 0.3 is 13.9 Å². The number of carbonyl (C=O) groups is 1. The molecule has 0 saturated carbocycles. The lowest BCUT2D eigenvalue weighted by Gasteiger charge is -2.16. The third kappa shape index (κ3) is 7.64. The van der Waals surface area contributed by atoms with Crippen molar-refractivity contribution in [1.29, 1.82) is 0 Å². The first kappa shape index (κ1) is 17.8. The van der Waals surface area contributed by atoms with Gasteiger partial charge in [0.25, 0.3) is 0 Å². The summed E-state index contributed by atoms with van der Waals surface area (Å²) in [5.74, 6) is 0. The summed E-state index contributed by atoms with van der Waals surface area (Å²) < 4.78 is 23.7. The molecule has 0 aliphatic carbocycles. The van der Waals surface area contributed by atoms with Crippen LogP contribution in [0.5, 0.6) is 0 Å². The molecule has 0 fully saturated rings. The molecule has 0 spiro atoms. The van der Waals surface area contributed by atoms with Gasteiger partial charge in [-0.15, -0.1) is 0 Å². The number of hydrogen-bond donors (Lipinski definition) is 0. The fraction of sp³-hybridized carbons (Fsp3) is 0.875. The Morgan fingerprint density at radius 1 is 0.875 bits per heavy atom. The number of phosphoric acid groups is 1. The van der Waals surface area contributed by atoms with E-state index in [0.29, 0.717) is 0 Å². The van der Waals surface area contributed by atoms with Gasteiger partial charge in [0, 0.05) is 49.5 Å². The molecule has 0 heterocycles. The largest absolute Gasteiger partial charge is 0.473 e. The zero-order valence-electron chi connectivity index (χ0n) is 10.9. The van der Waals surface area contributed by atoms with Crippen molar-refractivity contribution in [2.24, 2.45) is 0 Å². The second-order valence-corrected chi connectivity index (χ2v) is 5.06. The Hall–Kier alpha value is -0.620. The van der Waals surface area contributed by atoms with Crippen LogP contribution < -0.4 is 0 Å². The Labute approximate surface area is 96.9 Å². The van der Waals surface area contributed by atoms with Gasteiger partial charge < -0.3 is 9.80 Å². The molecule has 0 N–H and O–H groups in total. The summed E-state index contributed by atoms with van der Waals surface area (Å²) in [7, 11) is 7.51. The van der Waals surface area contributed by atoms with Gasteiger partial charge in [0.1, 0.15) is 0 Å². The average molecular weight is 256 g/mol. The quantitative estimate of drug-likeness (QED) is 0.711. The molecule has 0 saturated heterocycles. The van der Waals surface area contributed by atoms with E-state index in [4.69, 9.17) is 0 Å². The van der Waals surface area contributed by atoms with Crippen LogP contribution in [0.4, 0.5) is 4.79 Å². The third-order valence-corrected chi connectivity index (χ3v) is 2.78. The van der Waals surface area contributed by atoms with Gasteiger partial charge in [0.15, 0.2) is 0 Å². The second kappa shape index (κ2) is 8.52. The Kier molecular flexibility index (Phi) is 9.46. The summed E-state index contributed by atoms with van der Waals surface area (Å²) >= 11 is 0. The zero-order chi connectivity index (χ0) is 13.4. The molecular formula is C8H21N2O5P. The van der Waals surface area contributed by atoms with Crippen molar-refractivity contribution in [1.82, 2.24) is 9.80 Å². The van der Waals surface area contributed by atoms with E-state index < -0.39 is 7.82 Å². The molecule has 0 unspecified atom stereocenters. The maximum absolute atomic E-state index is 10.7. The van der Waals surface area contributed by atoms with Crippen LogP contribution in [0.15, 0.2) is 0 Å². The van der Waals surface area contributed by atoms with Crippen molar-refractivity contribution in [3.05, 3.63) is 0 Å². The van der Waals surface area contributed by atoms with Gasteiger partial charge in [-0.1, -0.05) is 0 Å². The molecule has 2 amide bonds. The monoisotopic (exact) mass is 256 g/mol. The Balaban J connectivity index is 0. The minimum absolute atomic E-state index is 0.0185. The van der Waals surface area contributed by atoms with E-state index >= 15 is 0 Å². The molecule has 16 heavy (non-hydrogen) atoms. The molecule has 0 aliphatic rings. The molecule has 0 aromatic rings. The van der Waals surface area contributed by atoms with Crippen LogP contribution in [0.3, 0.4) is 0 Å². The Morgan fingerprint density at radius 2 is 1.12 bits per heavy atom. The molecule has 0 bridgehead atoms. The number of hydrogen-bond acceptors (Lipinski definition) is 5. The first-order valence-electron chi connectivity index (χ1n) is 4.40. The van der Waals surface area contributed by atoms with Gasteiger partial charge in [-0.2, -0.15) is 0 Å². The van der Waals surface area contributed by atoms with Crippen LogP contribution in [0.1, 0.15) is 0 Å². The van der Waals surface area contributed by atoms with Crippen LogP contribution in [-0.4, -0.2) is 65.4 Å². The maximum atomic E-state index is 10.7. The average Bonchev–Trinajstić information content (AvgIpc) is 2.27. The normalized spacial score (nSPS) is 10.2. The van der Waals surface area contributed by atoms with Crippen LogP contribution in [0.25, 0.3) is 0 Å². The summed E-state index contributed by atoms with van der Waals surface area (Å²) in [6.07, 6.45) is 0. The van der Waals surface area contributed by atoms with Crippen molar-refractivity contribution in [2.75, 3.05) is 49.5 Å². The topological polar surface area (TPSA) is 68.3 Å². The van der Waals surface area contributed by atoms with E-state index in [9.17, 15) is 9.36 Å². The smallest absolute Gasteiger partial charge is 0.331 e. The van der Waals surface area contributed by atoms with E-state index in [2.05, 4.69) is 13.6 Å². The van der Waals surface area contributed by atoms with Gasteiger partial charge in [0.2, 0.25) is 0 Å². The van der Waals surface area contributed by atoms with Gasteiger partial charge in [-0.25, -0.2) is 9.36 Å². The Bertz CT molecular complexity index is 216. The van der Waals surface area contributed by atoms with E-state index in [-0.39, 0.29) is 6.03 Å². The fourth-order valence-electron chi connectivity index (χ4n) is 0.624. The lowest BCUT2D eigenvalue weighted by atomic mass is 10.7. The summed E-state index contributed by atoms with van der Waals surface area (Å²) in [6.45, 7) is 0. The Morgan fingerprint density at radius 3 is 1.12 bits per heavy atom. The van der Waals surface area contributed by atoms with Crippen molar-refractivity contribution in [2.45, 2.75) is 0 Å². The molecule has 0 radical (unpaired) electrons. The molecular weight excluding hydrogens is 235 g/mol. The van der Waals surface area contributed by atoms with Crippen LogP contribution in [0.2, 0.25) is 0 Å². The first-order valence-corrected chi connectivity index (χ1v) is 5.86. The second-order valence-electron chi connectivity index (χ2n) is 3.07. The lowest BCUT2D eigenvalue weighted by Crippen LogP contribution is -2.33. The van der Waals surface area contributed by atoms with Crippen LogP contribution in [-0.2, 0) is 18.1 Å². The standard InChI is InChI=1S/C5H12N2O.C3H9O4P/c1-6(2)5(8)7(3)4;1-5-8(4,6-2)7-3/h1-4H3;1-3H3. The summed E-state index contributed by atoms with van der Waals surface area (Å²) in [5, 5.41) is 0. The van der Waals surface area contributed by atoms with Crippen molar-refractivity contribution < 1.29 is 22.9 Å². The van der Waals surface area contributed by atoms with E-state index in [1.54, 1.807) is 28.2 Å². The van der Waals surface area contributed by atoms with E-state index in [0.717, 1.165) is 0 Å². The van der Waals surface area contributed by atoms with E-state index in [1.807, 2.05) is 0 Å². The minimum Gasteiger partial charge on any atom is -0.331 e. The van der Waals surface area contributed by atoms with Crippen molar-refractivity contribution in [3.63, 3.8) is 0 Å². The van der Waals surface area contributed by atoms with Crippen LogP contribution in [0, 0.1) is 0 Å². The molecule has 0 rings (SSSR count). The van der Waals surface area contributed by atoms with Crippen molar-refractivity contribution in [3.8, 4) is 0 Å². The molecule has 0 aromatic heterocycles. The number of phosphoric ester groups is 1. The molecule has 7 nitrogen and oxygen atoms in total. The maximum Gasteiger partial charge on any atom is 0.473 e. The number of nitrogens with zero attached hydrogens (tertiary/aromatic N) is 2.